The Labute approximate surface area is 186 Å². The summed E-state index contributed by atoms with van der Waals surface area (Å²) in [7, 11) is 0. The highest BCUT2D eigenvalue weighted by Gasteiger charge is 2.29. The van der Waals surface area contributed by atoms with E-state index in [0.29, 0.717) is 5.92 Å². The predicted octanol–water partition coefficient (Wildman–Crippen LogP) is 1.94. The summed E-state index contributed by atoms with van der Waals surface area (Å²) in [5.41, 5.74) is 1.20. The van der Waals surface area contributed by atoms with Crippen LogP contribution in [0.5, 0.6) is 0 Å². The zero-order valence-electron chi connectivity index (χ0n) is 17.1. The topological polar surface area (TPSA) is 130 Å². The molecule has 0 amide bonds. The number of hydrogen-bond donors (Lipinski definition) is 5. The summed E-state index contributed by atoms with van der Waals surface area (Å²) in [6, 6.07) is 5.83. The predicted molar refractivity (Wildman–Crippen MR) is 115 cm³/mol. The van der Waals surface area contributed by atoms with E-state index in [-0.39, 0.29) is 0 Å². The molecule has 0 spiro atoms. The second kappa shape index (κ2) is 13.1. The van der Waals surface area contributed by atoms with E-state index in [1.807, 2.05) is 12.1 Å². The Balaban J connectivity index is 0.000000382. The van der Waals surface area contributed by atoms with E-state index >= 15 is 0 Å². The van der Waals surface area contributed by atoms with Crippen LogP contribution in [0.3, 0.4) is 0 Å². The molecule has 1 aromatic carbocycles. The molecule has 10 heteroatoms. The molecule has 1 heterocycles. The number of halogens is 2. The lowest BCUT2D eigenvalue weighted by atomic mass is 10.1. The van der Waals surface area contributed by atoms with Gasteiger partial charge < -0.3 is 25.7 Å². The molecule has 30 heavy (non-hydrogen) atoms. The molecule has 1 aliphatic heterocycles. The summed E-state index contributed by atoms with van der Waals surface area (Å²) in [6.07, 6.45) is -3.25. The van der Waals surface area contributed by atoms with Crippen LogP contribution in [-0.4, -0.2) is 75.7 Å². The van der Waals surface area contributed by atoms with Gasteiger partial charge in [0.25, 0.3) is 0 Å². The van der Waals surface area contributed by atoms with Crippen LogP contribution in [-0.2, 0) is 16.1 Å². The van der Waals surface area contributed by atoms with Crippen LogP contribution in [0.4, 0.5) is 0 Å². The number of benzene rings is 1. The molecule has 1 saturated heterocycles. The minimum atomic E-state index is -2.27. The number of carboxylic acid groups (broad SMARTS) is 2. The molecule has 2 rings (SSSR count). The molecule has 0 aliphatic carbocycles. The van der Waals surface area contributed by atoms with E-state index in [2.05, 4.69) is 24.1 Å². The van der Waals surface area contributed by atoms with Crippen molar-refractivity contribution in [2.75, 3.05) is 26.2 Å². The fourth-order valence-corrected chi connectivity index (χ4v) is 3.76. The summed E-state index contributed by atoms with van der Waals surface area (Å²) in [5.74, 6) is -2.10. The van der Waals surface area contributed by atoms with Crippen LogP contribution in [0.15, 0.2) is 18.2 Å². The zero-order valence-corrected chi connectivity index (χ0v) is 18.6. The lowest BCUT2D eigenvalue weighted by Gasteiger charge is -2.27. The van der Waals surface area contributed by atoms with Crippen molar-refractivity contribution in [3.8, 4) is 0 Å². The van der Waals surface area contributed by atoms with Gasteiger partial charge in [0.15, 0.2) is 12.2 Å². The maximum Gasteiger partial charge on any atom is 0.335 e. The van der Waals surface area contributed by atoms with Crippen LogP contribution in [0.1, 0.15) is 25.8 Å². The van der Waals surface area contributed by atoms with E-state index in [1.54, 1.807) is 6.07 Å². The standard InChI is InChI=1S/C16H24Cl2N2.C4H6O6/c1-12(2)9-20(10-13-3-4-19-8-13)11-14-5-15(17)7-16(18)6-14;5-1(3(7)8)2(6)4(9)10/h5-7,12-13,19H,3-4,8-11H2,1-2H3;1-2,5-6H,(H,7,8)(H,9,10)/t13-;/m0./s1. The number of hydrogen-bond acceptors (Lipinski definition) is 6. The van der Waals surface area contributed by atoms with Gasteiger partial charge in [-0.15, -0.1) is 0 Å². The first-order valence-corrected chi connectivity index (χ1v) is 10.4. The molecule has 0 saturated carbocycles. The Bertz CT molecular complexity index is 660. The lowest BCUT2D eigenvalue weighted by molar-refractivity contribution is -0.165. The van der Waals surface area contributed by atoms with Gasteiger partial charge in [-0.25, -0.2) is 9.59 Å². The fraction of sp³-hybridized carbons (Fsp3) is 0.600. The molecule has 0 aromatic heterocycles. The summed E-state index contributed by atoms with van der Waals surface area (Å²) in [6.45, 7) is 10.0. The van der Waals surface area contributed by atoms with Gasteiger partial charge in [-0.3, -0.25) is 4.90 Å². The first kappa shape index (κ1) is 26.6. The molecule has 170 valence electrons. The van der Waals surface area contributed by atoms with E-state index in [1.165, 1.54) is 12.0 Å². The molecule has 1 fully saturated rings. The average Bonchev–Trinajstić information content (AvgIpc) is 3.12. The highest BCUT2D eigenvalue weighted by molar-refractivity contribution is 6.34. The maximum absolute atomic E-state index is 9.77. The maximum atomic E-state index is 9.77. The molecule has 0 bridgehead atoms. The molecular weight excluding hydrogens is 435 g/mol. The second-order valence-corrected chi connectivity index (χ2v) is 8.66. The highest BCUT2D eigenvalue weighted by Crippen LogP contribution is 2.21. The van der Waals surface area contributed by atoms with Crippen molar-refractivity contribution in [1.29, 1.82) is 0 Å². The quantitative estimate of drug-likeness (QED) is 0.374. The number of rotatable bonds is 9. The fourth-order valence-electron chi connectivity index (χ4n) is 3.19. The number of aliphatic hydroxyl groups excluding tert-OH is 2. The molecule has 0 radical (unpaired) electrons. The van der Waals surface area contributed by atoms with Crippen LogP contribution in [0.25, 0.3) is 0 Å². The van der Waals surface area contributed by atoms with Crippen LogP contribution >= 0.6 is 23.2 Å². The smallest absolute Gasteiger partial charge is 0.335 e. The number of aliphatic carboxylic acids is 2. The van der Waals surface area contributed by atoms with Gasteiger partial charge in [-0.1, -0.05) is 37.0 Å². The molecule has 5 N–H and O–H groups in total. The molecule has 1 aliphatic rings. The van der Waals surface area contributed by atoms with Crippen molar-refractivity contribution in [3.05, 3.63) is 33.8 Å². The van der Waals surface area contributed by atoms with Crippen molar-refractivity contribution < 1.29 is 30.0 Å². The van der Waals surface area contributed by atoms with Crippen molar-refractivity contribution in [2.24, 2.45) is 11.8 Å². The summed E-state index contributed by atoms with van der Waals surface area (Å²) >= 11 is 12.2. The summed E-state index contributed by atoms with van der Waals surface area (Å²) in [5, 5.41) is 37.4. The average molecular weight is 465 g/mol. The number of nitrogens with one attached hydrogen (secondary N) is 1. The monoisotopic (exact) mass is 464 g/mol. The zero-order chi connectivity index (χ0) is 22.8. The van der Waals surface area contributed by atoms with Crippen molar-refractivity contribution in [2.45, 2.75) is 39.0 Å². The minimum absolute atomic E-state index is 0.666. The molecule has 8 nitrogen and oxygen atoms in total. The Morgan fingerprint density at radius 1 is 1.10 bits per heavy atom. The van der Waals surface area contributed by atoms with E-state index < -0.39 is 24.1 Å². The Morgan fingerprint density at radius 2 is 1.63 bits per heavy atom. The van der Waals surface area contributed by atoms with E-state index in [4.69, 9.17) is 43.6 Å². The van der Waals surface area contributed by atoms with Gasteiger partial charge in [-0.2, -0.15) is 0 Å². The van der Waals surface area contributed by atoms with Crippen LogP contribution in [0.2, 0.25) is 10.0 Å². The molecular formula is C20H30Cl2N2O6. The Hall–Kier alpha value is -1.42. The van der Waals surface area contributed by atoms with Crippen molar-refractivity contribution >= 4 is 35.1 Å². The third-order valence-electron chi connectivity index (χ3n) is 4.44. The Kier molecular flexibility index (Phi) is 11.6. The summed E-state index contributed by atoms with van der Waals surface area (Å²) in [4.78, 5) is 22.1. The van der Waals surface area contributed by atoms with Gasteiger partial charge in [-0.05, 0) is 55.1 Å². The number of carboxylic acids is 2. The number of aliphatic hydroxyl groups is 2. The lowest BCUT2D eigenvalue weighted by Crippen LogP contribution is -2.39. The molecule has 3 atom stereocenters. The van der Waals surface area contributed by atoms with Crippen molar-refractivity contribution in [3.63, 3.8) is 0 Å². The van der Waals surface area contributed by atoms with Crippen LogP contribution < -0.4 is 5.32 Å². The molecule has 1 aromatic rings. The normalized spacial score (nSPS) is 18.1. The summed E-state index contributed by atoms with van der Waals surface area (Å²) < 4.78 is 0. The van der Waals surface area contributed by atoms with Gasteiger partial charge >= 0.3 is 11.9 Å². The van der Waals surface area contributed by atoms with E-state index in [0.717, 1.165) is 48.7 Å². The second-order valence-electron chi connectivity index (χ2n) is 7.79. The van der Waals surface area contributed by atoms with E-state index in [9.17, 15) is 9.59 Å². The third kappa shape index (κ3) is 10.1. The third-order valence-corrected chi connectivity index (χ3v) is 4.87. The number of carbonyl (C=O) groups is 2. The number of nitrogens with zero attached hydrogens (tertiary/aromatic N) is 1. The Morgan fingerprint density at radius 3 is 2.03 bits per heavy atom. The largest absolute Gasteiger partial charge is 0.479 e. The first-order chi connectivity index (χ1) is 14.0. The minimum Gasteiger partial charge on any atom is -0.479 e. The highest BCUT2D eigenvalue weighted by atomic mass is 35.5. The van der Waals surface area contributed by atoms with Crippen molar-refractivity contribution in [1.82, 2.24) is 10.2 Å². The first-order valence-electron chi connectivity index (χ1n) is 9.69. The van der Waals surface area contributed by atoms with Gasteiger partial charge in [0.1, 0.15) is 0 Å². The molecule has 2 unspecified atom stereocenters. The van der Waals surface area contributed by atoms with Gasteiger partial charge in [0.05, 0.1) is 0 Å². The van der Waals surface area contributed by atoms with Crippen LogP contribution in [0, 0.1) is 11.8 Å². The SMILES string of the molecule is CC(C)CN(Cc1cc(Cl)cc(Cl)c1)C[C@H]1CCNC1.O=C(O)C(O)C(O)C(=O)O. The van der Waals surface area contributed by atoms with Gasteiger partial charge in [0.2, 0.25) is 0 Å². The van der Waals surface area contributed by atoms with Gasteiger partial charge in [0, 0.05) is 29.7 Å².